The number of imide groups is 1. The Morgan fingerprint density at radius 1 is 1.59 bits per heavy atom. The number of aliphatic carboxylic acids is 1. The van der Waals surface area contributed by atoms with Crippen molar-refractivity contribution in [3.8, 4) is 0 Å². The van der Waals surface area contributed by atoms with Crippen molar-refractivity contribution < 1.29 is 19.5 Å². The molecule has 2 saturated heterocycles. The largest absolute Gasteiger partial charge is 0.481 e. The van der Waals surface area contributed by atoms with Gasteiger partial charge in [-0.15, -0.1) is 0 Å². The molecule has 0 aromatic heterocycles. The average molecular weight is 240 g/mol. The summed E-state index contributed by atoms with van der Waals surface area (Å²) in [5.74, 6) is -1.39. The van der Waals surface area contributed by atoms with Crippen LogP contribution in [0.25, 0.3) is 0 Å². The number of likely N-dealkylation sites (tertiary alicyclic amines) is 1. The number of carbonyl (C=O) groups is 3. The summed E-state index contributed by atoms with van der Waals surface area (Å²) in [6.45, 7) is 2.76. The van der Waals surface area contributed by atoms with Gasteiger partial charge in [0, 0.05) is 13.1 Å². The molecule has 0 spiro atoms. The summed E-state index contributed by atoms with van der Waals surface area (Å²) in [7, 11) is 0. The van der Waals surface area contributed by atoms with Gasteiger partial charge in [0.2, 0.25) is 11.8 Å². The normalized spacial score (nSPS) is 34.1. The molecule has 0 aromatic rings. The van der Waals surface area contributed by atoms with Crippen molar-refractivity contribution >= 4 is 17.8 Å². The summed E-state index contributed by atoms with van der Waals surface area (Å²) in [5.41, 5.74) is -0.758. The van der Waals surface area contributed by atoms with Crippen LogP contribution in [-0.2, 0) is 14.4 Å². The van der Waals surface area contributed by atoms with Gasteiger partial charge in [0.05, 0.1) is 17.9 Å². The summed E-state index contributed by atoms with van der Waals surface area (Å²) in [6, 6.07) is -0.477. The van der Waals surface area contributed by atoms with Crippen LogP contribution in [0.1, 0.15) is 26.2 Å². The van der Waals surface area contributed by atoms with E-state index in [0.717, 1.165) is 0 Å². The van der Waals surface area contributed by atoms with Crippen molar-refractivity contribution in [2.45, 2.75) is 32.2 Å². The van der Waals surface area contributed by atoms with Crippen LogP contribution in [0.3, 0.4) is 0 Å². The maximum Gasteiger partial charge on any atom is 0.310 e. The van der Waals surface area contributed by atoms with E-state index in [2.05, 4.69) is 5.32 Å². The number of carbonyl (C=O) groups excluding carboxylic acids is 2. The van der Waals surface area contributed by atoms with Gasteiger partial charge in [-0.05, 0) is 12.8 Å². The number of nitrogens with zero attached hydrogens (tertiary/aromatic N) is 1. The Kier molecular flexibility index (Phi) is 2.91. The van der Waals surface area contributed by atoms with Gasteiger partial charge < -0.3 is 5.11 Å². The summed E-state index contributed by atoms with van der Waals surface area (Å²) in [4.78, 5) is 35.7. The molecule has 0 bridgehead atoms. The molecule has 6 nitrogen and oxygen atoms in total. The molecule has 0 aliphatic carbocycles. The van der Waals surface area contributed by atoms with E-state index < -0.39 is 17.4 Å². The van der Waals surface area contributed by atoms with Crippen molar-refractivity contribution in [1.29, 1.82) is 0 Å². The number of rotatable bonds is 3. The van der Waals surface area contributed by atoms with Crippen LogP contribution in [-0.4, -0.2) is 46.9 Å². The fraction of sp³-hybridized carbons (Fsp3) is 0.727. The third-order valence-corrected chi connectivity index (χ3v) is 3.90. The van der Waals surface area contributed by atoms with Crippen molar-refractivity contribution in [3.63, 3.8) is 0 Å². The monoisotopic (exact) mass is 240 g/mol. The highest BCUT2D eigenvalue weighted by molar-refractivity contribution is 6.05. The maximum atomic E-state index is 11.5. The zero-order valence-electron chi connectivity index (χ0n) is 9.73. The second-order valence-electron chi connectivity index (χ2n) is 4.79. The highest BCUT2D eigenvalue weighted by atomic mass is 16.4. The first-order chi connectivity index (χ1) is 7.98. The Balaban J connectivity index is 2.10. The Bertz CT molecular complexity index is 382. The molecule has 0 radical (unpaired) electrons. The van der Waals surface area contributed by atoms with Crippen LogP contribution >= 0.6 is 0 Å². The lowest BCUT2D eigenvalue weighted by molar-refractivity contribution is -0.148. The molecule has 2 fully saturated rings. The third kappa shape index (κ3) is 1.93. The third-order valence-electron chi connectivity index (χ3n) is 3.90. The standard InChI is InChI=1S/C11H16N2O4/c1-2-11(10(16)17)3-4-13(6-11)7-5-8(14)12-9(7)15/h7H,2-6H2,1H3,(H,16,17)(H,12,14,15). The van der Waals surface area contributed by atoms with E-state index in [0.29, 0.717) is 25.9 Å². The molecule has 2 unspecified atom stereocenters. The van der Waals surface area contributed by atoms with E-state index in [1.54, 1.807) is 0 Å². The lowest BCUT2D eigenvalue weighted by atomic mass is 9.84. The fourth-order valence-corrected chi connectivity index (χ4v) is 2.62. The van der Waals surface area contributed by atoms with Gasteiger partial charge in [0.1, 0.15) is 0 Å². The second-order valence-corrected chi connectivity index (χ2v) is 4.79. The number of hydrogen-bond donors (Lipinski definition) is 2. The van der Waals surface area contributed by atoms with Gasteiger partial charge in [-0.3, -0.25) is 24.6 Å². The first-order valence-corrected chi connectivity index (χ1v) is 5.79. The Labute approximate surface area is 99.0 Å². The fourth-order valence-electron chi connectivity index (χ4n) is 2.62. The molecule has 17 heavy (non-hydrogen) atoms. The number of carboxylic acids is 1. The lowest BCUT2D eigenvalue weighted by Crippen LogP contribution is -2.42. The lowest BCUT2D eigenvalue weighted by Gasteiger charge is -2.25. The SMILES string of the molecule is CCC1(C(=O)O)CCN(C2CC(=O)NC2=O)C1. The summed E-state index contributed by atoms with van der Waals surface area (Å²) in [6.07, 6.45) is 1.23. The Morgan fingerprint density at radius 2 is 2.29 bits per heavy atom. The van der Waals surface area contributed by atoms with Crippen molar-refractivity contribution in [1.82, 2.24) is 10.2 Å². The molecule has 94 valence electrons. The predicted octanol–water partition coefficient (Wildman–Crippen LogP) is -0.412. The molecule has 2 amide bonds. The van der Waals surface area contributed by atoms with Gasteiger partial charge in [-0.2, -0.15) is 0 Å². The van der Waals surface area contributed by atoms with Gasteiger partial charge in [-0.25, -0.2) is 0 Å². The highest BCUT2D eigenvalue weighted by Crippen LogP contribution is 2.36. The van der Waals surface area contributed by atoms with Gasteiger partial charge >= 0.3 is 5.97 Å². The molecule has 0 saturated carbocycles. The Hall–Kier alpha value is -1.43. The molecule has 2 aliphatic heterocycles. The van der Waals surface area contributed by atoms with Crippen LogP contribution in [0.15, 0.2) is 0 Å². The molecule has 2 rings (SSSR count). The van der Waals surface area contributed by atoms with Crippen LogP contribution in [0, 0.1) is 5.41 Å². The molecule has 2 aliphatic rings. The molecule has 2 N–H and O–H groups in total. The number of nitrogens with one attached hydrogen (secondary N) is 1. The van der Waals surface area contributed by atoms with Gasteiger partial charge in [0.15, 0.2) is 0 Å². The van der Waals surface area contributed by atoms with Crippen molar-refractivity contribution in [2.75, 3.05) is 13.1 Å². The number of hydrogen-bond acceptors (Lipinski definition) is 4. The first-order valence-electron chi connectivity index (χ1n) is 5.79. The second kappa shape index (κ2) is 4.10. The smallest absolute Gasteiger partial charge is 0.310 e. The van der Waals surface area contributed by atoms with E-state index in [4.69, 9.17) is 0 Å². The molecule has 0 aromatic carbocycles. The van der Waals surface area contributed by atoms with Crippen LogP contribution in [0.5, 0.6) is 0 Å². The van der Waals surface area contributed by atoms with E-state index in [1.165, 1.54) is 0 Å². The zero-order valence-corrected chi connectivity index (χ0v) is 9.73. The van der Waals surface area contributed by atoms with E-state index in [1.807, 2.05) is 11.8 Å². The predicted molar refractivity (Wildman–Crippen MR) is 58.1 cm³/mol. The van der Waals surface area contributed by atoms with E-state index in [9.17, 15) is 19.5 Å². The van der Waals surface area contributed by atoms with Crippen LogP contribution < -0.4 is 5.32 Å². The van der Waals surface area contributed by atoms with Gasteiger partial charge in [-0.1, -0.05) is 6.92 Å². The molecular weight excluding hydrogens is 224 g/mol. The molecule has 6 heteroatoms. The van der Waals surface area contributed by atoms with Crippen molar-refractivity contribution in [2.24, 2.45) is 5.41 Å². The minimum absolute atomic E-state index is 0.151. The first kappa shape index (κ1) is 12.0. The van der Waals surface area contributed by atoms with E-state index in [-0.39, 0.29) is 18.2 Å². The van der Waals surface area contributed by atoms with Crippen LogP contribution in [0.4, 0.5) is 0 Å². The summed E-state index contributed by atoms with van der Waals surface area (Å²) >= 11 is 0. The minimum Gasteiger partial charge on any atom is -0.481 e. The van der Waals surface area contributed by atoms with Crippen LogP contribution in [0.2, 0.25) is 0 Å². The van der Waals surface area contributed by atoms with Crippen molar-refractivity contribution in [3.05, 3.63) is 0 Å². The molecule has 2 atom stereocenters. The topological polar surface area (TPSA) is 86.7 Å². The molecular formula is C11H16N2O4. The number of carboxylic acid groups (broad SMARTS) is 1. The molecule has 2 heterocycles. The zero-order chi connectivity index (χ0) is 12.6. The minimum atomic E-state index is -0.813. The van der Waals surface area contributed by atoms with Gasteiger partial charge in [0.25, 0.3) is 0 Å². The number of amides is 2. The van der Waals surface area contributed by atoms with E-state index >= 15 is 0 Å². The maximum absolute atomic E-state index is 11.5. The Morgan fingerprint density at radius 3 is 2.71 bits per heavy atom. The average Bonchev–Trinajstić information content (AvgIpc) is 2.82. The summed E-state index contributed by atoms with van der Waals surface area (Å²) in [5, 5.41) is 11.5. The quantitative estimate of drug-likeness (QED) is 0.655. The highest BCUT2D eigenvalue weighted by Gasteiger charge is 2.48. The summed E-state index contributed by atoms with van der Waals surface area (Å²) < 4.78 is 0.